The van der Waals surface area contributed by atoms with Gasteiger partial charge in [-0.3, -0.25) is 4.79 Å². The Bertz CT molecular complexity index is 1240. The number of carbonyl (C=O) groups is 1. The van der Waals surface area contributed by atoms with Crippen LogP contribution in [0.15, 0.2) is 69.2 Å². The maximum absolute atomic E-state index is 12.9. The molecule has 0 atom stereocenters. The molecule has 0 aliphatic heterocycles. The summed E-state index contributed by atoms with van der Waals surface area (Å²) >= 11 is 1.29. The van der Waals surface area contributed by atoms with Crippen LogP contribution in [-0.4, -0.2) is 13.1 Å². The molecule has 0 spiro atoms. The van der Waals surface area contributed by atoms with E-state index in [1.165, 1.54) is 24.5 Å². The van der Waals surface area contributed by atoms with Crippen LogP contribution in [0.4, 0.5) is 0 Å². The molecule has 4 rings (SSSR count). The van der Waals surface area contributed by atoms with E-state index >= 15 is 0 Å². The second-order valence-electron chi connectivity index (χ2n) is 6.09. The quantitative estimate of drug-likeness (QED) is 0.334. The van der Waals surface area contributed by atoms with E-state index in [0.717, 1.165) is 0 Å². The van der Waals surface area contributed by atoms with Crippen molar-refractivity contribution < 1.29 is 23.4 Å². The average molecular weight is 408 g/mol. The number of hydrogen-bond acceptors (Lipinski definition) is 7. The van der Waals surface area contributed by atoms with Crippen molar-refractivity contribution in [3.8, 4) is 23.0 Å². The molecule has 2 aromatic heterocycles. The topological polar surface area (TPSA) is 75.0 Å². The number of aryl methyl sites for hydroxylation is 1. The lowest BCUT2D eigenvalue weighted by atomic mass is 10.2. The lowest BCUT2D eigenvalue weighted by Crippen LogP contribution is -2.09. The van der Waals surface area contributed by atoms with Crippen LogP contribution in [-0.2, 0) is 0 Å². The summed E-state index contributed by atoms with van der Waals surface area (Å²) in [5, 5.41) is 2.11. The third kappa shape index (κ3) is 3.72. The van der Waals surface area contributed by atoms with Crippen LogP contribution in [0.2, 0.25) is 0 Å². The summed E-state index contributed by atoms with van der Waals surface area (Å²) in [5.41, 5.74) is -0.0258. The van der Waals surface area contributed by atoms with Crippen molar-refractivity contribution in [1.29, 1.82) is 0 Å². The zero-order valence-corrected chi connectivity index (χ0v) is 16.4. The van der Waals surface area contributed by atoms with Crippen LogP contribution in [0, 0.1) is 6.92 Å². The van der Waals surface area contributed by atoms with Gasteiger partial charge in [0, 0.05) is 6.07 Å². The average Bonchev–Trinajstić information content (AvgIpc) is 3.26. The Kier molecular flexibility index (Phi) is 5.05. The van der Waals surface area contributed by atoms with Crippen molar-refractivity contribution in [3.05, 3.63) is 80.8 Å². The van der Waals surface area contributed by atoms with Crippen molar-refractivity contribution in [2.75, 3.05) is 7.11 Å². The first-order chi connectivity index (χ1) is 14.1. The molecule has 0 saturated carbocycles. The number of methoxy groups -OCH3 is 1. The summed E-state index contributed by atoms with van der Waals surface area (Å²) in [6.07, 6.45) is 0. The van der Waals surface area contributed by atoms with E-state index in [2.05, 4.69) is 0 Å². The van der Waals surface area contributed by atoms with Gasteiger partial charge in [0.05, 0.1) is 12.5 Å². The van der Waals surface area contributed by atoms with Crippen LogP contribution in [0.5, 0.6) is 23.0 Å². The number of hydrogen-bond donors (Lipinski definition) is 0. The molecule has 7 heteroatoms. The standard InChI is InChI=1S/C22H16O6S/c1-13-21(28-17-7-4-3-6-16(17)25-2)20(23)15-10-9-14(12-18(15)26-13)27-22(24)19-8-5-11-29-19/h3-12H,1-2H3. The number of carbonyl (C=O) groups excluding carboxylic acids is 1. The van der Waals surface area contributed by atoms with Crippen LogP contribution < -0.4 is 19.6 Å². The molecule has 0 aliphatic rings. The second kappa shape index (κ2) is 7.81. The highest BCUT2D eigenvalue weighted by molar-refractivity contribution is 7.12. The molecule has 6 nitrogen and oxygen atoms in total. The molecular formula is C22H16O6S. The summed E-state index contributed by atoms with van der Waals surface area (Å²) in [7, 11) is 1.52. The largest absolute Gasteiger partial charge is 0.493 e. The van der Waals surface area contributed by atoms with Crippen molar-refractivity contribution >= 4 is 28.3 Å². The molecule has 4 aromatic rings. The predicted molar refractivity (Wildman–Crippen MR) is 110 cm³/mol. The van der Waals surface area contributed by atoms with Crippen LogP contribution in [0.1, 0.15) is 15.4 Å². The molecule has 0 bridgehead atoms. The third-order valence-electron chi connectivity index (χ3n) is 4.20. The number of fused-ring (bicyclic) bond motifs is 1. The minimum Gasteiger partial charge on any atom is -0.493 e. The van der Waals surface area contributed by atoms with E-state index in [0.29, 0.717) is 33.1 Å². The zero-order valence-electron chi connectivity index (χ0n) is 15.6. The van der Waals surface area contributed by atoms with Gasteiger partial charge in [-0.2, -0.15) is 0 Å². The van der Waals surface area contributed by atoms with Crippen LogP contribution >= 0.6 is 11.3 Å². The highest BCUT2D eigenvalue weighted by Gasteiger charge is 2.17. The zero-order chi connectivity index (χ0) is 20.4. The fraction of sp³-hybridized carbons (Fsp3) is 0.0909. The molecule has 2 aromatic carbocycles. The third-order valence-corrected chi connectivity index (χ3v) is 5.05. The monoisotopic (exact) mass is 408 g/mol. The predicted octanol–water partition coefficient (Wildman–Crippen LogP) is 5.18. The second-order valence-corrected chi connectivity index (χ2v) is 7.04. The van der Waals surface area contributed by atoms with Gasteiger partial charge < -0.3 is 18.6 Å². The smallest absolute Gasteiger partial charge is 0.353 e. The Morgan fingerprint density at radius 3 is 2.55 bits per heavy atom. The Morgan fingerprint density at radius 1 is 1.03 bits per heavy atom. The number of thiophene rings is 1. The summed E-state index contributed by atoms with van der Waals surface area (Å²) in [4.78, 5) is 25.6. The van der Waals surface area contributed by atoms with E-state index in [-0.39, 0.29) is 16.9 Å². The van der Waals surface area contributed by atoms with E-state index in [1.54, 1.807) is 60.8 Å². The molecule has 0 fully saturated rings. The molecule has 2 heterocycles. The van der Waals surface area contributed by atoms with Gasteiger partial charge >= 0.3 is 5.97 Å². The normalized spacial score (nSPS) is 10.7. The molecule has 29 heavy (non-hydrogen) atoms. The summed E-state index contributed by atoms with van der Waals surface area (Å²) < 4.78 is 22.2. The fourth-order valence-electron chi connectivity index (χ4n) is 2.81. The van der Waals surface area contributed by atoms with Gasteiger partial charge in [0.15, 0.2) is 11.5 Å². The minimum atomic E-state index is -0.463. The fourth-order valence-corrected chi connectivity index (χ4v) is 3.41. The van der Waals surface area contributed by atoms with Gasteiger partial charge in [-0.15, -0.1) is 11.3 Å². The molecule has 0 aliphatic carbocycles. The molecular weight excluding hydrogens is 392 g/mol. The highest BCUT2D eigenvalue weighted by Crippen LogP contribution is 2.32. The van der Waals surface area contributed by atoms with Gasteiger partial charge in [0.2, 0.25) is 11.2 Å². The van der Waals surface area contributed by atoms with Crippen molar-refractivity contribution in [1.82, 2.24) is 0 Å². The molecule has 0 amide bonds. The Labute approximate surface area is 169 Å². The highest BCUT2D eigenvalue weighted by atomic mass is 32.1. The first-order valence-corrected chi connectivity index (χ1v) is 9.59. The molecule has 146 valence electrons. The molecule has 0 saturated heterocycles. The van der Waals surface area contributed by atoms with E-state index in [1.807, 2.05) is 0 Å². The minimum absolute atomic E-state index is 0.0744. The SMILES string of the molecule is COc1ccccc1Oc1c(C)oc2cc(OC(=O)c3cccs3)ccc2c1=O. The molecule has 0 N–H and O–H groups in total. The van der Waals surface area contributed by atoms with Crippen LogP contribution in [0.25, 0.3) is 11.0 Å². The number of esters is 1. The van der Waals surface area contributed by atoms with Gasteiger partial charge in [-0.1, -0.05) is 18.2 Å². The van der Waals surface area contributed by atoms with Gasteiger partial charge in [0.1, 0.15) is 22.0 Å². The van der Waals surface area contributed by atoms with Gasteiger partial charge in [-0.25, -0.2) is 4.79 Å². The lowest BCUT2D eigenvalue weighted by Gasteiger charge is -2.12. The van der Waals surface area contributed by atoms with Crippen molar-refractivity contribution in [2.24, 2.45) is 0 Å². The lowest BCUT2D eigenvalue weighted by molar-refractivity contribution is 0.0740. The van der Waals surface area contributed by atoms with E-state index in [9.17, 15) is 9.59 Å². The van der Waals surface area contributed by atoms with E-state index < -0.39 is 5.97 Å². The Balaban J connectivity index is 1.69. The molecule has 0 unspecified atom stereocenters. The first kappa shape index (κ1) is 18.8. The summed E-state index contributed by atoms with van der Waals surface area (Å²) in [5.74, 6) is 1.11. The maximum Gasteiger partial charge on any atom is 0.353 e. The van der Waals surface area contributed by atoms with Crippen molar-refractivity contribution in [2.45, 2.75) is 6.92 Å². The van der Waals surface area contributed by atoms with Gasteiger partial charge in [0.25, 0.3) is 0 Å². The maximum atomic E-state index is 12.9. The van der Waals surface area contributed by atoms with Crippen LogP contribution in [0.3, 0.4) is 0 Å². The number of benzene rings is 2. The summed E-state index contributed by atoms with van der Waals surface area (Å²) in [6.45, 7) is 1.63. The van der Waals surface area contributed by atoms with Crippen molar-refractivity contribution in [3.63, 3.8) is 0 Å². The number of ether oxygens (including phenoxy) is 3. The number of rotatable bonds is 5. The Hall–Kier alpha value is -3.58. The molecule has 0 radical (unpaired) electrons. The van der Waals surface area contributed by atoms with E-state index in [4.69, 9.17) is 18.6 Å². The number of para-hydroxylation sites is 2. The Morgan fingerprint density at radius 2 is 1.83 bits per heavy atom. The van der Waals surface area contributed by atoms with Gasteiger partial charge in [-0.05, 0) is 42.6 Å². The first-order valence-electron chi connectivity index (χ1n) is 8.71. The summed E-state index contributed by atoms with van der Waals surface area (Å²) in [6, 6.07) is 15.1.